The molecule has 2 aromatic rings. The minimum Gasteiger partial charge on any atom is -0.508 e. The molecule has 7 nitrogen and oxygen atoms in total. The molecule has 0 spiro atoms. The second kappa shape index (κ2) is 5.81. The number of hydrogen-bond donors (Lipinski definition) is 5. The Morgan fingerprint density at radius 2 is 1.55 bits per heavy atom. The highest BCUT2D eigenvalue weighted by atomic mass is 31.2. The minimum atomic E-state index is -4.86. The summed E-state index contributed by atoms with van der Waals surface area (Å²) in [6.07, 6.45) is -0.231. The van der Waals surface area contributed by atoms with E-state index in [9.17, 15) is 34.5 Å². The van der Waals surface area contributed by atoms with E-state index in [1.165, 1.54) is 24.3 Å². The first-order valence-corrected chi connectivity index (χ1v) is 7.73. The highest BCUT2D eigenvalue weighted by Gasteiger charge is 2.28. The van der Waals surface area contributed by atoms with Crippen LogP contribution in [-0.4, -0.2) is 30.9 Å². The van der Waals surface area contributed by atoms with Crippen LogP contribution < -0.4 is 5.30 Å². The number of carbonyl (C=O) groups excluding carboxylic acids is 1. The van der Waals surface area contributed by atoms with Crippen molar-refractivity contribution in [3.05, 3.63) is 47.5 Å². The number of aromatic hydroxyl groups is 3. The Morgan fingerprint density at radius 3 is 2.09 bits per heavy atom. The maximum Gasteiger partial charge on any atom is 0.357 e. The summed E-state index contributed by atoms with van der Waals surface area (Å²) in [5.74, 6) is -1.97. The molecular formula is C14H13O7P. The van der Waals surface area contributed by atoms with Gasteiger partial charge in [0.2, 0.25) is 0 Å². The van der Waals surface area contributed by atoms with Crippen molar-refractivity contribution in [1.29, 1.82) is 0 Å². The van der Waals surface area contributed by atoms with Crippen LogP contribution in [0, 0.1) is 0 Å². The van der Waals surface area contributed by atoms with Crippen molar-refractivity contribution in [3.63, 3.8) is 0 Å². The lowest BCUT2D eigenvalue weighted by molar-refractivity contribution is 0.0991. The molecule has 0 aliphatic carbocycles. The maximum atomic E-state index is 12.3. The van der Waals surface area contributed by atoms with E-state index >= 15 is 0 Å². The van der Waals surface area contributed by atoms with Gasteiger partial charge in [-0.25, -0.2) is 0 Å². The van der Waals surface area contributed by atoms with E-state index in [-0.39, 0.29) is 12.2 Å². The molecule has 0 bridgehead atoms. The maximum absolute atomic E-state index is 12.3. The van der Waals surface area contributed by atoms with Crippen LogP contribution in [-0.2, 0) is 11.0 Å². The molecule has 0 unspecified atom stereocenters. The van der Waals surface area contributed by atoms with Crippen molar-refractivity contribution in [3.8, 4) is 17.2 Å². The molecule has 2 rings (SSSR count). The van der Waals surface area contributed by atoms with E-state index in [0.29, 0.717) is 5.56 Å². The fourth-order valence-corrected chi connectivity index (χ4v) is 2.83. The molecule has 8 heteroatoms. The third-order valence-corrected chi connectivity index (χ3v) is 3.96. The second-order valence-electron chi connectivity index (χ2n) is 4.67. The number of phenols is 3. The van der Waals surface area contributed by atoms with Crippen LogP contribution in [0.2, 0.25) is 0 Å². The Hall–Kier alpha value is -2.34. The van der Waals surface area contributed by atoms with Gasteiger partial charge in [0.15, 0.2) is 5.78 Å². The average molecular weight is 324 g/mol. The first-order chi connectivity index (χ1) is 10.2. The Bertz CT molecular complexity index is 762. The SMILES string of the molecule is O=C(Cc1ccc(O)cc1)c1c(O)cc(O)cc1P(=O)(O)O. The number of hydrogen-bond acceptors (Lipinski definition) is 5. The summed E-state index contributed by atoms with van der Waals surface area (Å²) in [4.78, 5) is 30.8. The topological polar surface area (TPSA) is 135 Å². The Morgan fingerprint density at radius 1 is 0.955 bits per heavy atom. The zero-order chi connectivity index (χ0) is 16.5. The van der Waals surface area contributed by atoms with Crippen molar-refractivity contribution >= 4 is 18.7 Å². The van der Waals surface area contributed by atoms with Gasteiger partial charge in [-0.05, 0) is 23.8 Å². The summed E-state index contributed by atoms with van der Waals surface area (Å²) in [5.41, 5.74) is -0.0360. The third-order valence-electron chi connectivity index (χ3n) is 2.98. The molecule has 0 atom stereocenters. The third kappa shape index (κ3) is 3.46. The van der Waals surface area contributed by atoms with Gasteiger partial charge in [0.1, 0.15) is 17.2 Å². The standard InChI is InChI=1S/C14H13O7P/c15-9-3-1-8(2-4-9)5-11(17)14-12(18)6-10(16)7-13(14)22(19,20)21/h1-4,6-7,15-16,18H,5H2,(H2,19,20,21). The van der Waals surface area contributed by atoms with Crippen LogP contribution in [0.5, 0.6) is 17.2 Å². The van der Waals surface area contributed by atoms with Crippen LogP contribution >= 0.6 is 7.60 Å². The normalized spacial score (nSPS) is 11.4. The number of rotatable bonds is 4. The zero-order valence-corrected chi connectivity index (χ0v) is 12.1. The molecule has 0 aliphatic rings. The van der Waals surface area contributed by atoms with E-state index < -0.39 is 35.7 Å². The van der Waals surface area contributed by atoms with E-state index in [4.69, 9.17) is 0 Å². The van der Waals surface area contributed by atoms with Gasteiger partial charge in [0.25, 0.3) is 0 Å². The van der Waals surface area contributed by atoms with Gasteiger partial charge in [0, 0.05) is 12.5 Å². The molecular weight excluding hydrogens is 311 g/mol. The van der Waals surface area contributed by atoms with Gasteiger partial charge in [-0.2, -0.15) is 0 Å². The Balaban J connectivity index is 2.45. The summed E-state index contributed by atoms with van der Waals surface area (Å²) in [7, 11) is -4.86. The quantitative estimate of drug-likeness (QED) is 0.419. The first-order valence-electron chi connectivity index (χ1n) is 6.11. The number of Topliss-reactive ketones (excluding diaryl/α,β-unsaturated/α-hetero) is 1. The zero-order valence-electron chi connectivity index (χ0n) is 11.2. The average Bonchev–Trinajstić information content (AvgIpc) is 2.39. The van der Waals surface area contributed by atoms with E-state index in [1.807, 2.05) is 0 Å². The van der Waals surface area contributed by atoms with Crippen LogP contribution in [0.1, 0.15) is 15.9 Å². The minimum absolute atomic E-state index is 0.0135. The molecule has 0 fully saturated rings. The molecule has 2 aromatic carbocycles. The van der Waals surface area contributed by atoms with Crippen LogP contribution in [0.4, 0.5) is 0 Å². The lowest BCUT2D eigenvalue weighted by Gasteiger charge is -2.12. The van der Waals surface area contributed by atoms with Crippen molar-refractivity contribution in [2.45, 2.75) is 6.42 Å². The van der Waals surface area contributed by atoms with E-state index in [1.54, 1.807) is 0 Å². The van der Waals surface area contributed by atoms with Crippen molar-refractivity contribution in [1.82, 2.24) is 0 Å². The Kier molecular flexibility index (Phi) is 4.23. The first kappa shape index (κ1) is 16.0. The molecule has 0 heterocycles. The largest absolute Gasteiger partial charge is 0.508 e. The van der Waals surface area contributed by atoms with Crippen LogP contribution in [0.15, 0.2) is 36.4 Å². The lowest BCUT2D eigenvalue weighted by Crippen LogP contribution is -2.18. The van der Waals surface area contributed by atoms with Crippen molar-refractivity contribution in [2.24, 2.45) is 0 Å². The highest BCUT2D eigenvalue weighted by molar-refractivity contribution is 7.60. The summed E-state index contributed by atoms with van der Waals surface area (Å²) in [6.45, 7) is 0. The smallest absolute Gasteiger partial charge is 0.357 e. The predicted molar refractivity (Wildman–Crippen MR) is 77.6 cm³/mol. The molecule has 0 saturated heterocycles. The fraction of sp³-hybridized carbons (Fsp3) is 0.0714. The van der Waals surface area contributed by atoms with Gasteiger partial charge in [-0.1, -0.05) is 12.1 Å². The number of ketones is 1. The second-order valence-corrected chi connectivity index (χ2v) is 6.24. The van der Waals surface area contributed by atoms with Crippen molar-refractivity contribution in [2.75, 3.05) is 0 Å². The lowest BCUT2D eigenvalue weighted by atomic mass is 10.0. The molecule has 22 heavy (non-hydrogen) atoms. The fourth-order valence-electron chi connectivity index (χ4n) is 2.00. The number of phenolic OH excluding ortho intramolecular Hbond substituents is 3. The molecule has 0 aliphatic heterocycles. The number of benzene rings is 2. The monoisotopic (exact) mass is 324 g/mol. The van der Waals surface area contributed by atoms with Crippen LogP contribution in [0.3, 0.4) is 0 Å². The Labute approximate surface area is 125 Å². The van der Waals surface area contributed by atoms with Gasteiger partial charge in [0.05, 0.1) is 10.9 Å². The van der Waals surface area contributed by atoms with Crippen LogP contribution in [0.25, 0.3) is 0 Å². The summed E-state index contributed by atoms with van der Waals surface area (Å²) in [5, 5.41) is 27.6. The molecule has 0 saturated carbocycles. The van der Waals surface area contributed by atoms with E-state index in [0.717, 1.165) is 12.1 Å². The van der Waals surface area contributed by atoms with Gasteiger partial charge in [-0.3, -0.25) is 9.36 Å². The van der Waals surface area contributed by atoms with Gasteiger partial charge < -0.3 is 25.1 Å². The predicted octanol–water partition coefficient (Wildman–Crippen LogP) is 1.03. The summed E-state index contributed by atoms with van der Waals surface area (Å²) >= 11 is 0. The van der Waals surface area contributed by atoms with Gasteiger partial charge >= 0.3 is 7.60 Å². The summed E-state index contributed by atoms with van der Waals surface area (Å²) in [6, 6.07) is 7.27. The molecule has 0 amide bonds. The number of carbonyl (C=O) groups is 1. The van der Waals surface area contributed by atoms with E-state index in [2.05, 4.69) is 0 Å². The molecule has 0 aromatic heterocycles. The molecule has 116 valence electrons. The van der Waals surface area contributed by atoms with Crippen molar-refractivity contribution < 1.29 is 34.5 Å². The highest BCUT2D eigenvalue weighted by Crippen LogP contribution is 2.39. The summed E-state index contributed by atoms with van der Waals surface area (Å²) < 4.78 is 11.4. The molecule has 5 N–H and O–H groups in total. The van der Waals surface area contributed by atoms with Gasteiger partial charge in [-0.15, -0.1) is 0 Å². The molecule has 0 radical (unpaired) electrons.